The number of aromatic carboxylic acids is 1. The number of carboxylic acid groups (broad SMARTS) is 1. The Morgan fingerprint density at radius 1 is 1.33 bits per heavy atom. The van der Waals surface area contributed by atoms with E-state index in [-0.39, 0.29) is 11.6 Å². The van der Waals surface area contributed by atoms with Crippen LogP contribution in [0.15, 0.2) is 35.2 Å². The Balaban J connectivity index is 2.11. The average Bonchev–Trinajstić information content (AvgIpc) is 2.93. The third-order valence-electron chi connectivity index (χ3n) is 3.81. The molecule has 0 atom stereocenters. The fraction of sp³-hybridized carbons (Fsp3) is 0.235. The van der Waals surface area contributed by atoms with Gasteiger partial charge in [0.15, 0.2) is 5.82 Å². The Kier molecular flexibility index (Phi) is 4.28. The first-order valence-electron chi connectivity index (χ1n) is 7.51. The van der Waals surface area contributed by atoms with Crippen molar-refractivity contribution in [1.82, 2.24) is 14.5 Å². The number of benzene rings is 1. The van der Waals surface area contributed by atoms with E-state index < -0.39 is 5.97 Å². The first-order valence-corrected chi connectivity index (χ1v) is 8.30. The zero-order valence-electron chi connectivity index (χ0n) is 13.5. The minimum atomic E-state index is -0.948. The quantitative estimate of drug-likeness (QED) is 0.641. The number of carbonyl (C=O) groups is 1. The number of hydrogen-bond acceptors (Lipinski definition) is 4. The third kappa shape index (κ3) is 2.99. The second-order valence-electron chi connectivity index (χ2n) is 5.87. The van der Waals surface area contributed by atoms with Gasteiger partial charge in [-0.2, -0.15) is 0 Å². The number of aryl methyl sites for hydroxylation is 1. The van der Waals surface area contributed by atoms with E-state index in [0.29, 0.717) is 21.7 Å². The van der Waals surface area contributed by atoms with E-state index in [1.54, 1.807) is 25.4 Å². The number of rotatable bonds is 4. The highest BCUT2D eigenvalue weighted by Crippen LogP contribution is 2.29. The number of fused-ring (bicyclic) bond motifs is 1. The molecule has 7 heteroatoms. The molecule has 0 aliphatic heterocycles. The van der Waals surface area contributed by atoms with Crippen molar-refractivity contribution in [3.63, 3.8) is 0 Å². The number of nitrogens with one attached hydrogen (secondary N) is 1. The predicted octanol–water partition coefficient (Wildman–Crippen LogP) is 4.52. The molecule has 0 radical (unpaired) electrons. The SMILES string of the molecule is Cc1ccc(Nc2nc(Br)cc3ncn(C(C)C)c23)cc1C(=O)O. The van der Waals surface area contributed by atoms with Crippen molar-refractivity contribution in [3.05, 3.63) is 46.3 Å². The third-order valence-corrected chi connectivity index (χ3v) is 4.21. The zero-order chi connectivity index (χ0) is 17.4. The van der Waals surface area contributed by atoms with Crippen LogP contribution >= 0.6 is 15.9 Å². The number of imidazole rings is 1. The Labute approximate surface area is 147 Å². The van der Waals surface area contributed by atoms with Crippen LogP contribution in [0.2, 0.25) is 0 Å². The van der Waals surface area contributed by atoms with Gasteiger partial charge in [-0.1, -0.05) is 6.07 Å². The Morgan fingerprint density at radius 3 is 2.75 bits per heavy atom. The fourth-order valence-electron chi connectivity index (χ4n) is 2.58. The lowest BCUT2D eigenvalue weighted by Gasteiger charge is -2.13. The summed E-state index contributed by atoms with van der Waals surface area (Å²) >= 11 is 3.40. The van der Waals surface area contributed by atoms with Crippen LogP contribution in [-0.2, 0) is 0 Å². The number of pyridine rings is 1. The minimum Gasteiger partial charge on any atom is -0.478 e. The molecule has 1 aromatic carbocycles. The van der Waals surface area contributed by atoms with E-state index in [2.05, 4.69) is 45.1 Å². The molecule has 3 aromatic rings. The smallest absolute Gasteiger partial charge is 0.336 e. The van der Waals surface area contributed by atoms with Crippen molar-refractivity contribution in [2.75, 3.05) is 5.32 Å². The lowest BCUT2D eigenvalue weighted by molar-refractivity contribution is 0.0696. The molecule has 0 aliphatic rings. The van der Waals surface area contributed by atoms with Gasteiger partial charge in [0.2, 0.25) is 0 Å². The molecule has 24 heavy (non-hydrogen) atoms. The fourth-order valence-corrected chi connectivity index (χ4v) is 2.97. The van der Waals surface area contributed by atoms with Gasteiger partial charge in [-0.05, 0) is 60.5 Å². The highest BCUT2D eigenvalue weighted by Gasteiger charge is 2.14. The molecule has 2 aromatic heterocycles. The summed E-state index contributed by atoms with van der Waals surface area (Å²) in [5, 5.41) is 12.5. The van der Waals surface area contributed by atoms with Gasteiger partial charge in [-0.15, -0.1) is 0 Å². The molecule has 0 saturated heterocycles. The molecular formula is C17H17BrN4O2. The van der Waals surface area contributed by atoms with Crippen LogP contribution in [0.25, 0.3) is 11.0 Å². The van der Waals surface area contributed by atoms with Gasteiger partial charge < -0.3 is 15.0 Å². The van der Waals surface area contributed by atoms with Crippen LogP contribution in [0.1, 0.15) is 35.8 Å². The average molecular weight is 389 g/mol. The monoisotopic (exact) mass is 388 g/mol. The van der Waals surface area contributed by atoms with E-state index in [9.17, 15) is 9.90 Å². The van der Waals surface area contributed by atoms with Crippen molar-refractivity contribution < 1.29 is 9.90 Å². The highest BCUT2D eigenvalue weighted by atomic mass is 79.9. The molecule has 2 N–H and O–H groups in total. The molecule has 0 bridgehead atoms. The number of carboxylic acids is 1. The second kappa shape index (κ2) is 6.24. The predicted molar refractivity (Wildman–Crippen MR) is 97.0 cm³/mol. The summed E-state index contributed by atoms with van der Waals surface area (Å²) in [6.07, 6.45) is 1.78. The van der Waals surface area contributed by atoms with Crippen LogP contribution < -0.4 is 5.32 Å². The van der Waals surface area contributed by atoms with Crippen molar-refractivity contribution in [3.8, 4) is 0 Å². The van der Waals surface area contributed by atoms with Crippen molar-refractivity contribution in [1.29, 1.82) is 0 Å². The number of halogens is 1. The first-order chi connectivity index (χ1) is 11.4. The van der Waals surface area contributed by atoms with Gasteiger partial charge in [0.05, 0.1) is 17.4 Å². The summed E-state index contributed by atoms with van der Waals surface area (Å²) in [5.41, 5.74) is 3.35. The van der Waals surface area contributed by atoms with Crippen LogP contribution in [0, 0.1) is 6.92 Å². The molecule has 3 rings (SSSR count). The molecule has 0 aliphatic carbocycles. The van der Waals surface area contributed by atoms with Gasteiger partial charge in [0.25, 0.3) is 0 Å². The Hall–Kier alpha value is -2.41. The van der Waals surface area contributed by atoms with Gasteiger partial charge in [0.1, 0.15) is 10.1 Å². The Morgan fingerprint density at radius 2 is 2.08 bits per heavy atom. The summed E-state index contributed by atoms with van der Waals surface area (Å²) in [6, 6.07) is 7.32. The van der Waals surface area contributed by atoms with E-state index in [1.807, 2.05) is 16.7 Å². The maximum absolute atomic E-state index is 11.3. The molecule has 0 unspecified atom stereocenters. The number of hydrogen-bond donors (Lipinski definition) is 2. The van der Waals surface area contributed by atoms with Gasteiger partial charge in [-0.25, -0.2) is 14.8 Å². The maximum Gasteiger partial charge on any atom is 0.336 e. The summed E-state index contributed by atoms with van der Waals surface area (Å²) in [4.78, 5) is 20.3. The number of nitrogens with zero attached hydrogens (tertiary/aromatic N) is 3. The van der Waals surface area contributed by atoms with E-state index in [4.69, 9.17) is 0 Å². The maximum atomic E-state index is 11.3. The molecule has 0 saturated carbocycles. The largest absolute Gasteiger partial charge is 0.478 e. The lowest BCUT2D eigenvalue weighted by Crippen LogP contribution is -2.04. The molecule has 0 spiro atoms. The highest BCUT2D eigenvalue weighted by molar-refractivity contribution is 9.10. The standard InChI is InChI=1S/C17H17BrN4O2/c1-9(2)22-8-19-13-7-14(18)21-16(15(13)22)20-11-5-4-10(3)12(6-11)17(23)24/h4-9H,1-3H3,(H,20,21)(H,23,24). The van der Waals surface area contributed by atoms with Gasteiger partial charge in [-0.3, -0.25) is 0 Å². The van der Waals surface area contributed by atoms with E-state index in [0.717, 1.165) is 11.0 Å². The molecular weight excluding hydrogens is 372 g/mol. The second-order valence-corrected chi connectivity index (χ2v) is 6.68. The molecule has 0 fully saturated rings. The minimum absolute atomic E-state index is 0.228. The van der Waals surface area contributed by atoms with Crippen LogP contribution in [0.4, 0.5) is 11.5 Å². The summed E-state index contributed by atoms with van der Waals surface area (Å²) in [6.45, 7) is 5.92. The topological polar surface area (TPSA) is 80.0 Å². The number of anilines is 2. The molecule has 124 valence electrons. The summed E-state index contributed by atoms with van der Waals surface area (Å²) < 4.78 is 2.70. The number of aromatic nitrogens is 3. The lowest BCUT2D eigenvalue weighted by atomic mass is 10.1. The molecule has 6 nitrogen and oxygen atoms in total. The van der Waals surface area contributed by atoms with Gasteiger partial charge >= 0.3 is 5.97 Å². The summed E-state index contributed by atoms with van der Waals surface area (Å²) in [5.74, 6) is -0.318. The zero-order valence-corrected chi connectivity index (χ0v) is 15.1. The molecule has 2 heterocycles. The van der Waals surface area contributed by atoms with Crippen molar-refractivity contribution in [2.45, 2.75) is 26.8 Å². The van der Waals surface area contributed by atoms with E-state index in [1.165, 1.54) is 0 Å². The molecule has 0 amide bonds. The van der Waals surface area contributed by atoms with Crippen LogP contribution in [-0.4, -0.2) is 25.6 Å². The van der Waals surface area contributed by atoms with Crippen molar-refractivity contribution >= 4 is 44.4 Å². The van der Waals surface area contributed by atoms with Crippen LogP contribution in [0.5, 0.6) is 0 Å². The van der Waals surface area contributed by atoms with Gasteiger partial charge in [0, 0.05) is 11.7 Å². The Bertz CT molecular complexity index is 934. The summed E-state index contributed by atoms with van der Waals surface area (Å²) in [7, 11) is 0. The van der Waals surface area contributed by atoms with Crippen molar-refractivity contribution in [2.24, 2.45) is 0 Å². The normalized spacial score (nSPS) is 11.2. The van der Waals surface area contributed by atoms with Crippen LogP contribution in [0.3, 0.4) is 0 Å². The first kappa shape index (κ1) is 16.4. The van der Waals surface area contributed by atoms with E-state index >= 15 is 0 Å².